The Labute approximate surface area is 172 Å². The molecule has 1 aliphatic rings. The Morgan fingerprint density at radius 2 is 1.69 bits per heavy atom. The Hall–Kier alpha value is -2.41. The van der Waals surface area contributed by atoms with Crippen molar-refractivity contribution in [3.05, 3.63) is 53.1 Å². The average molecular weight is 434 g/mol. The summed E-state index contributed by atoms with van der Waals surface area (Å²) in [5.41, 5.74) is 3.17. The van der Waals surface area contributed by atoms with Crippen LogP contribution in [0.4, 0.5) is 5.69 Å². The second kappa shape index (κ2) is 7.78. The highest BCUT2D eigenvalue weighted by Crippen LogP contribution is 2.40. The summed E-state index contributed by atoms with van der Waals surface area (Å²) in [6.07, 6.45) is 2.31. The highest BCUT2D eigenvalue weighted by molar-refractivity contribution is 8.09. The number of rotatable bonds is 5. The largest absolute Gasteiger partial charge is 0.299 e. The van der Waals surface area contributed by atoms with Crippen LogP contribution in [0, 0.1) is 11.3 Å². The number of anilines is 1. The average Bonchev–Trinajstić information content (AvgIpc) is 2.66. The van der Waals surface area contributed by atoms with Crippen molar-refractivity contribution in [1.82, 2.24) is 4.90 Å². The maximum absolute atomic E-state index is 12.5. The lowest BCUT2D eigenvalue weighted by Crippen LogP contribution is -2.39. The van der Waals surface area contributed by atoms with Gasteiger partial charge >= 0.3 is 0 Å². The number of nitriles is 1. The second-order valence-electron chi connectivity index (χ2n) is 7.10. The third-order valence-electron chi connectivity index (χ3n) is 5.02. The molecule has 0 fully saturated rings. The molecule has 3 rings (SSSR count). The summed E-state index contributed by atoms with van der Waals surface area (Å²) in [4.78, 5) is 2.10. The molecule has 0 radical (unpaired) electrons. The van der Waals surface area contributed by atoms with Gasteiger partial charge in [0.25, 0.3) is 0 Å². The fourth-order valence-electron chi connectivity index (χ4n) is 3.81. The molecule has 2 aromatic rings. The van der Waals surface area contributed by atoms with Crippen LogP contribution in [0.1, 0.15) is 23.6 Å². The van der Waals surface area contributed by atoms with E-state index in [0.29, 0.717) is 22.2 Å². The highest BCUT2D eigenvalue weighted by Gasteiger charge is 2.35. The van der Waals surface area contributed by atoms with Gasteiger partial charge in [0, 0.05) is 13.1 Å². The molecule has 1 heterocycles. The van der Waals surface area contributed by atoms with E-state index < -0.39 is 20.0 Å². The Balaban J connectivity index is 2.43. The number of likely N-dealkylation sites (N-methyl/N-ethyl adjacent to an activating group) is 1. The molecule has 0 saturated carbocycles. The smallest absolute Gasteiger partial charge is 0.245 e. The molecule has 0 aromatic heterocycles. The number of benzene rings is 2. The van der Waals surface area contributed by atoms with Gasteiger partial charge in [-0.05, 0) is 41.3 Å². The first-order valence-corrected chi connectivity index (χ1v) is 12.8. The summed E-state index contributed by atoms with van der Waals surface area (Å²) in [6.45, 7) is 3.86. The third kappa shape index (κ3) is 4.15. The number of fused-ring (bicyclic) bond motifs is 1. The molecule has 9 heteroatoms. The van der Waals surface area contributed by atoms with Crippen molar-refractivity contribution in [1.29, 1.82) is 5.26 Å². The van der Waals surface area contributed by atoms with E-state index in [1.807, 2.05) is 43.3 Å². The van der Waals surface area contributed by atoms with E-state index in [1.54, 1.807) is 6.07 Å². The van der Waals surface area contributed by atoms with Crippen LogP contribution in [0.15, 0.2) is 36.4 Å². The SMILES string of the molecule is CCN1CCc2c(-c3ccccc3)cc(C#N)c(N(S(C)(=O)=O)S(C)(=O)=O)c2C1. The Morgan fingerprint density at radius 3 is 2.21 bits per heavy atom. The van der Waals surface area contributed by atoms with Crippen LogP contribution in [-0.4, -0.2) is 47.3 Å². The monoisotopic (exact) mass is 433 g/mol. The normalized spacial score (nSPS) is 14.8. The van der Waals surface area contributed by atoms with Crippen molar-refractivity contribution in [3.63, 3.8) is 0 Å². The van der Waals surface area contributed by atoms with E-state index in [4.69, 9.17) is 0 Å². The number of nitrogens with zero attached hydrogens (tertiary/aromatic N) is 3. The number of sulfonamides is 2. The van der Waals surface area contributed by atoms with E-state index in [2.05, 4.69) is 4.90 Å². The molecular formula is C20H23N3O4S2. The molecule has 2 aromatic carbocycles. The van der Waals surface area contributed by atoms with E-state index in [-0.39, 0.29) is 11.3 Å². The minimum Gasteiger partial charge on any atom is -0.299 e. The van der Waals surface area contributed by atoms with Crippen molar-refractivity contribution >= 4 is 25.7 Å². The molecule has 0 unspecified atom stereocenters. The molecule has 154 valence electrons. The lowest BCUT2D eigenvalue weighted by atomic mass is 9.87. The molecule has 0 N–H and O–H groups in total. The van der Waals surface area contributed by atoms with E-state index >= 15 is 0 Å². The van der Waals surface area contributed by atoms with Gasteiger partial charge in [-0.15, -0.1) is 0 Å². The zero-order valence-electron chi connectivity index (χ0n) is 16.6. The van der Waals surface area contributed by atoms with Gasteiger partial charge in [-0.1, -0.05) is 37.3 Å². The molecule has 0 amide bonds. The summed E-state index contributed by atoms with van der Waals surface area (Å²) in [5, 5.41) is 9.81. The zero-order chi connectivity index (χ0) is 21.4. The summed E-state index contributed by atoms with van der Waals surface area (Å²) >= 11 is 0. The summed E-state index contributed by atoms with van der Waals surface area (Å²) in [5.74, 6) is 0. The standard InChI is InChI=1S/C20H23N3O4S2/c1-4-22-11-10-17-18(15-8-6-5-7-9-15)12-16(13-21)20(19(17)14-22)23(28(2,24)25)29(3,26)27/h5-9,12H,4,10-11,14H2,1-3H3. The first-order chi connectivity index (χ1) is 13.6. The van der Waals surface area contributed by atoms with Gasteiger partial charge in [0.05, 0.1) is 23.8 Å². The van der Waals surface area contributed by atoms with Crippen molar-refractivity contribution in [2.75, 3.05) is 29.3 Å². The Morgan fingerprint density at radius 1 is 1.07 bits per heavy atom. The summed E-state index contributed by atoms with van der Waals surface area (Å²) in [7, 11) is -8.34. The molecule has 0 saturated heterocycles. The van der Waals surface area contributed by atoms with Gasteiger partial charge in [0.1, 0.15) is 6.07 Å². The maximum Gasteiger partial charge on any atom is 0.245 e. The van der Waals surface area contributed by atoms with Gasteiger partial charge < -0.3 is 0 Å². The Bertz CT molecular complexity index is 1150. The van der Waals surface area contributed by atoms with Gasteiger partial charge in [0.2, 0.25) is 20.0 Å². The number of hydrogen-bond donors (Lipinski definition) is 0. The lowest BCUT2D eigenvalue weighted by molar-refractivity contribution is 0.269. The fourth-order valence-corrected chi connectivity index (χ4v) is 6.86. The topological polar surface area (TPSA) is 98.5 Å². The van der Waals surface area contributed by atoms with Crippen molar-refractivity contribution in [2.24, 2.45) is 0 Å². The molecule has 0 bridgehead atoms. The van der Waals surface area contributed by atoms with Crippen LogP contribution in [0.5, 0.6) is 0 Å². The summed E-state index contributed by atoms with van der Waals surface area (Å²) in [6, 6.07) is 13.2. The van der Waals surface area contributed by atoms with Crippen LogP contribution in [0.2, 0.25) is 0 Å². The van der Waals surface area contributed by atoms with Gasteiger partial charge in [-0.2, -0.15) is 8.97 Å². The molecule has 29 heavy (non-hydrogen) atoms. The molecular weight excluding hydrogens is 410 g/mol. The van der Waals surface area contributed by atoms with Crippen molar-refractivity contribution < 1.29 is 16.8 Å². The van der Waals surface area contributed by atoms with Crippen LogP contribution in [0.3, 0.4) is 0 Å². The van der Waals surface area contributed by atoms with Gasteiger partial charge in [-0.25, -0.2) is 16.8 Å². The first kappa shape index (κ1) is 21.3. The highest BCUT2D eigenvalue weighted by atomic mass is 32.3. The minimum absolute atomic E-state index is 0.0245. The second-order valence-corrected chi connectivity index (χ2v) is 11.0. The predicted octanol–water partition coefficient (Wildman–Crippen LogP) is 2.33. The van der Waals surface area contributed by atoms with E-state index in [9.17, 15) is 22.1 Å². The zero-order valence-corrected chi connectivity index (χ0v) is 18.2. The summed E-state index contributed by atoms with van der Waals surface area (Å²) < 4.78 is 50.3. The van der Waals surface area contributed by atoms with Gasteiger partial charge in [0.15, 0.2) is 0 Å². The van der Waals surface area contributed by atoms with Crippen LogP contribution in [-0.2, 0) is 33.0 Å². The van der Waals surface area contributed by atoms with E-state index in [0.717, 1.165) is 42.3 Å². The third-order valence-corrected chi connectivity index (χ3v) is 8.21. The van der Waals surface area contributed by atoms with Crippen LogP contribution < -0.4 is 3.71 Å². The molecule has 7 nitrogen and oxygen atoms in total. The molecule has 1 aliphatic heterocycles. The first-order valence-electron chi connectivity index (χ1n) is 9.15. The van der Waals surface area contributed by atoms with Gasteiger partial charge in [-0.3, -0.25) is 4.90 Å². The maximum atomic E-state index is 12.5. The van der Waals surface area contributed by atoms with Crippen molar-refractivity contribution in [2.45, 2.75) is 19.9 Å². The Kier molecular flexibility index (Phi) is 5.72. The quantitative estimate of drug-likeness (QED) is 0.718. The van der Waals surface area contributed by atoms with Crippen LogP contribution >= 0.6 is 0 Å². The molecule has 0 aliphatic carbocycles. The number of hydrogen-bond acceptors (Lipinski definition) is 6. The lowest BCUT2D eigenvalue weighted by Gasteiger charge is -2.34. The van der Waals surface area contributed by atoms with E-state index in [1.165, 1.54) is 0 Å². The molecule has 0 spiro atoms. The predicted molar refractivity (Wildman–Crippen MR) is 113 cm³/mol. The minimum atomic E-state index is -4.17. The fraction of sp³-hybridized carbons (Fsp3) is 0.350. The van der Waals surface area contributed by atoms with Crippen LogP contribution in [0.25, 0.3) is 11.1 Å². The molecule has 0 atom stereocenters. The van der Waals surface area contributed by atoms with Crippen molar-refractivity contribution in [3.8, 4) is 17.2 Å².